The highest BCUT2D eigenvalue weighted by Gasteiger charge is 2.60. The maximum Gasteiger partial charge on any atom is 0.323 e. The van der Waals surface area contributed by atoms with Crippen molar-refractivity contribution < 1.29 is 23.5 Å². The van der Waals surface area contributed by atoms with E-state index in [1.807, 2.05) is 13.0 Å². The van der Waals surface area contributed by atoms with Crippen molar-refractivity contribution in [2.24, 2.45) is 11.3 Å². The molecule has 0 heterocycles. The molecule has 2 rings (SSSR count). The van der Waals surface area contributed by atoms with Crippen LogP contribution in [0.2, 0.25) is 0 Å². The second-order valence-corrected chi connectivity index (χ2v) is 5.52. The van der Waals surface area contributed by atoms with Crippen LogP contribution >= 0.6 is 0 Å². The van der Waals surface area contributed by atoms with E-state index in [1.54, 1.807) is 6.92 Å². The van der Waals surface area contributed by atoms with Crippen molar-refractivity contribution in [3.8, 4) is 0 Å². The minimum absolute atomic E-state index is 0.128. The average molecular weight is 282 g/mol. The lowest BCUT2D eigenvalue weighted by atomic mass is 9.63. The molecule has 20 heavy (non-hydrogen) atoms. The van der Waals surface area contributed by atoms with Gasteiger partial charge in [-0.3, -0.25) is 9.59 Å². The van der Waals surface area contributed by atoms with Gasteiger partial charge in [-0.1, -0.05) is 18.6 Å². The fraction of sp³-hybridized carbons (Fsp3) is 0.467. The number of alkyl halides is 2. The number of benzene rings is 1. The highest BCUT2D eigenvalue weighted by Crippen LogP contribution is 2.45. The van der Waals surface area contributed by atoms with E-state index in [0.29, 0.717) is 5.56 Å². The first kappa shape index (κ1) is 14.6. The zero-order chi connectivity index (χ0) is 15.2. The molecule has 0 aromatic heterocycles. The second kappa shape index (κ2) is 4.65. The fourth-order valence-corrected chi connectivity index (χ4v) is 3.10. The van der Waals surface area contributed by atoms with Gasteiger partial charge in [0, 0.05) is 5.56 Å². The molecule has 1 N–H and O–H groups in total. The predicted molar refractivity (Wildman–Crippen MR) is 69.2 cm³/mol. The Balaban J connectivity index is 2.73. The number of aliphatic carboxylic acids is 1. The van der Waals surface area contributed by atoms with Gasteiger partial charge in [0.2, 0.25) is 0 Å². The van der Waals surface area contributed by atoms with Crippen molar-refractivity contribution in [3.63, 3.8) is 0 Å². The van der Waals surface area contributed by atoms with Gasteiger partial charge in [-0.15, -0.1) is 0 Å². The van der Waals surface area contributed by atoms with E-state index in [2.05, 4.69) is 0 Å². The minimum atomic E-state index is -3.23. The van der Waals surface area contributed by atoms with Crippen molar-refractivity contribution in [1.29, 1.82) is 0 Å². The molecule has 0 saturated carbocycles. The number of Topliss-reactive ketones (excluding diaryl/α,β-unsaturated/α-hetero) is 1. The summed E-state index contributed by atoms with van der Waals surface area (Å²) in [5, 5.41) is 9.26. The molecule has 0 spiro atoms. The van der Waals surface area contributed by atoms with Crippen LogP contribution in [0.15, 0.2) is 12.1 Å². The Morgan fingerprint density at radius 1 is 1.40 bits per heavy atom. The van der Waals surface area contributed by atoms with Gasteiger partial charge in [0.1, 0.15) is 0 Å². The Morgan fingerprint density at radius 2 is 2.00 bits per heavy atom. The number of carbonyl (C=O) groups is 2. The Hall–Kier alpha value is -1.78. The van der Waals surface area contributed by atoms with Gasteiger partial charge < -0.3 is 5.11 Å². The maximum atomic E-state index is 13.4. The smallest absolute Gasteiger partial charge is 0.323 e. The molecule has 108 valence electrons. The minimum Gasteiger partial charge on any atom is -0.480 e. The van der Waals surface area contributed by atoms with E-state index in [0.717, 1.165) is 11.1 Å². The first-order chi connectivity index (χ1) is 9.22. The quantitative estimate of drug-likeness (QED) is 0.848. The number of rotatable bonds is 2. The van der Waals surface area contributed by atoms with Crippen molar-refractivity contribution in [3.05, 3.63) is 34.4 Å². The van der Waals surface area contributed by atoms with Gasteiger partial charge in [0.15, 0.2) is 11.2 Å². The Labute approximate surface area is 115 Å². The van der Waals surface area contributed by atoms with Crippen LogP contribution in [0.25, 0.3) is 0 Å². The number of carbonyl (C=O) groups excluding carboxylic acids is 1. The lowest BCUT2D eigenvalue weighted by molar-refractivity contribution is -0.158. The average Bonchev–Trinajstić information content (AvgIpc) is 2.30. The van der Waals surface area contributed by atoms with E-state index < -0.39 is 29.5 Å². The first-order valence-corrected chi connectivity index (χ1v) is 6.39. The van der Waals surface area contributed by atoms with Gasteiger partial charge in [0.25, 0.3) is 6.43 Å². The molecule has 0 aliphatic heterocycles. The third kappa shape index (κ3) is 1.76. The van der Waals surface area contributed by atoms with Gasteiger partial charge in [-0.25, -0.2) is 8.78 Å². The van der Waals surface area contributed by atoms with E-state index >= 15 is 0 Å². The number of aryl methyl sites for hydroxylation is 2. The molecule has 0 bridgehead atoms. The van der Waals surface area contributed by atoms with Crippen LogP contribution in [0.4, 0.5) is 8.78 Å². The predicted octanol–water partition coefficient (Wildman–Crippen LogP) is 3.01. The molecule has 2 unspecified atom stereocenters. The SMILES string of the molecule is Cc1cc(C)c2c(c1)C(=O)C(C(=O)O)(C(F)F)C(C)C2. The third-order valence-electron chi connectivity index (χ3n) is 4.22. The molecule has 0 saturated heterocycles. The summed E-state index contributed by atoms with van der Waals surface area (Å²) in [5.74, 6) is -3.66. The molecule has 1 aromatic rings. The third-order valence-corrected chi connectivity index (χ3v) is 4.22. The zero-order valence-corrected chi connectivity index (χ0v) is 11.5. The molecule has 1 aromatic carbocycles. The molecule has 0 radical (unpaired) electrons. The summed E-state index contributed by atoms with van der Waals surface area (Å²) in [5.41, 5.74) is -0.215. The van der Waals surface area contributed by atoms with Crippen LogP contribution in [0.1, 0.15) is 34.0 Å². The summed E-state index contributed by atoms with van der Waals surface area (Å²) in [6.45, 7) is 4.96. The number of carboxylic acids is 1. The van der Waals surface area contributed by atoms with Gasteiger partial charge >= 0.3 is 5.97 Å². The highest BCUT2D eigenvalue weighted by molar-refractivity contribution is 6.14. The first-order valence-electron chi connectivity index (χ1n) is 6.39. The number of ketones is 1. The molecule has 0 fully saturated rings. The van der Waals surface area contributed by atoms with Gasteiger partial charge in [-0.2, -0.15) is 0 Å². The van der Waals surface area contributed by atoms with Crippen LogP contribution in [0.5, 0.6) is 0 Å². The number of hydrogen-bond donors (Lipinski definition) is 1. The van der Waals surface area contributed by atoms with Crippen molar-refractivity contribution >= 4 is 11.8 Å². The summed E-state index contributed by atoms with van der Waals surface area (Å²) in [6, 6.07) is 3.38. The van der Waals surface area contributed by atoms with Crippen LogP contribution in [-0.4, -0.2) is 23.3 Å². The maximum absolute atomic E-state index is 13.4. The van der Waals surface area contributed by atoms with Crippen LogP contribution in [0, 0.1) is 25.2 Å². The number of hydrogen-bond acceptors (Lipinski definition) is 2. The van der Waals surface area contributed by atoms with Crippen LogP contribution in [-0.2, 0) is 11.2 Å². The normalized spacial score (nSPS) is 25.7. The molecular weight excluding hydrogens is 266 g/mol. The Bertz CT molecular complexity index is 595. The molecule has 0 amide bonds. The molecule has 2 atom stereocenters. The van der Waals surface area contributed by atoms with E-state index in [4.69, 9.17) is 0 Å². The molecule has 1 aliphatic rings. The molecule has 3 nitrogen and oxygen atoms in total. The second-order valence-electron chi connectivity index (χ2n) is 5.52. The fourth-order valence-electron chi connectivity index (χ4n) is 3.10. The zero-order valence-electron chi connectivity index (χ0n) is 11.5. The number of halogens is 2. The van der Waals surface area contributed by atoms with Gasteiger partial charge in [-0.05, 0) is 43.4 Å². The lowest BCUT2D eigenvalue weighted by Gasteiger charge is -2.38. The lowest BCUT2D eigenvalue weighted by Crippen LogP contribution is -2.53. The summed E-state index contributed by atoms with van der Waals surface area (Å²) >= 11 is 0. The van der Waals surface area contributed by atoms with Crippen molar-refractivity contribution in [2.45, 2.75) is 33.6 Å². The molecule has 1 aliphatic carbocycles. The molecule has 5 heteroatoms. The van der Waals surface area contributed by atoms with Crippen molar-refractivity contribution in [1.82, 2.24) is 0 Å². The summed E-state index contributed by atoms with van der Waals surface area (Å²) in [6.07, 6.45) is -3.06. The van der Waals surface area contributed by atoms with Crippen LogP contribution < -0.4 is 0 Å². The topological polar surface area (TPSA) is 54.4 Å². The largest absolute Gasteiger partial charge is 0.480 e. The van der Waals surface area contributed by atoms with E-state index in [1.165, 1.54) is 13.0 Å². The highest BCUT2D eigenvalue weighted by atomic mass is 19.3. The Morgan fingerprint density at radius 3 is 2.50 bits per heavy atom. The van der Waals surface area contributed by atoms with Crippen LogP contribution in [0.3, 0.4) is 0 Å². The van der Waals surface area contributed by atoms with Gasteiger partial charge in [0.05, 0.1) is 0 Å². The van der Waals surface area contributed by atoms with E-state index in [9.17, 15) is 23.5 Å². The summed E-state index contributed by atoms with van der Waals surface area (Å²) in [4.78, 5) is 23.9. The summed E-state index contributed by atoms with van der Waals surface area (Å²) in [7, 11) is 0. The number of fused-ring (bicyclic) bond motifs is 1. The number of carboxylic acid groups (broad SMARTS) is 1. The van der Waals surface area contributed by atoms with Crippen molar-refractivity contribution in [2.75, 3.05) is 0 Å². The van der Waals surface area contributed by atoms with E-state index in [-0.39, 0.29) is 12.0 Å². The Kier molecular flexibility index (Phi) is 3.40. The molecular formula is C15H16F2O3. The summed E-state index contributed by atoms with van der Waals surface area (Å²) < 4.78 is 26.8. The standard InChI is InChI=1S/C15H16F2O3/c1-7-4-8(2)10-6-9(3)15(13(16)17,14(19)20)12(18)11(10)5-7/h4-5,9,13H,6H2,1-3H3,(H,19,20). The monoisotopic (exact) mass is 282 g/mol.